The Hall–Kier alpha value is -3.47. The first-order chi connectivity index (χ1) is 20.4. The number of benzene rings is 2. The summed E-state index contributed by atoms with van der Waals surface area (Å²) in [5.41, 5.74) is 6.75. The molecule has 10 nitrogen and oxygen atoms in total. The lowest BCUT2D eigenvalue weighted by Crippen LogP contribution is -2.52. The van der Waals surface area contributed by atoms with Crippen LogP contribution in [0, 0.1) is 5.92 Å². The molecule has 3 saturated heterocycles. The zero-order chi connectivity index (χ0) is 28.8. The van der Waals surface area contributed by atoms with Gasteiger partial charge in [-0.2, -0.15) is 0 Å². The molecular formula is C32H39ClN6O4. The van der Waals surface area contributed by atoms with Crippen LogP contribution in [0.3, 0.4) is 0 Å². The summed E-state index contributed by atoms with van der Waals surface area (Å²) in [7, 11) is 0. The van der Waals surface area contributed by atoms with Crippen LogP contribution >= 0.6 is 12.4 Å². The number of halogens is 1. The van der Waals surface area contributed by atoms with E-state index in [1.54, 1.807) is 4.90 Å². The van der Waals surface area contributed by atoms with Crippen LogP contribution in [-0.4, -0.2) is 83.6 Å². The van der Waals surface area contributed by atoms with E-state index >= 15 is 0 Å². The molecule has 1 unspecified atom stereocenters. The topological polar surface area (TPSA) is 105 Å². The van der Waals surface area contributed by atoms with Crippen LogP contribution in [0.4, 0.5) is 5.69 Å². The molecule has 0 radical (unpaired) electrons. The largest absolute Gasteiger partial charge is 0.368 e. The van der Waals surface area contributed by atoms with E-state index in [1.807, 2.05) is 23.1 Å². The third kappa shape index (κ3) is 5.88. The Labute approximate surface area is 258 Å². The Bertz CT molecular complexity index is 1430. The fraction of sp³-hybridized carbons (Fsp3) is 0.500. The minimum absolute atomic E-state index is 0. The first-order valence-electron chi connectivity index (χ1n) is 15.3. The van der Waals surface area contributed by atoms with Crippen LogP contribution < -0.4 is 15.5 Å². The maximum Gasteiger partial charge on any atom is 0.255 e. The molecule has 5 aliphatic rings. The van der Waals surface area contributed by atoms with E-state index in [-0.39, 0.29) is 42.5 Å². The van der Waals surface area contributed by atoms with E-state index in [2.05, 4.69) is 38.6 Å². The summed E-state index contributed by atoms with van der Waals surface area (Å²) in [5.74, 6) is -0.444. The van der Waals surface area contributed by atoms with Crippen molar-refractivity contribution in [2.45, 2.75) is 57.9 Å². The number of piperazine rings is 1. The molecule has 228 valence electrons. The fourth-order valence-electron chi connectivity index (χ4n) is 7.24. The van der Waals surface area contributed by atoms with Crippen molar-refractivity contribution in [1.29, 1.82) is 0 Å². The van der Waals surface area contributed by atoms with E-state index in [0.29, 0.717) is 31.6 Å². The molecule has 0 spiro atoms. The van der Waals surface area contributed by atoms with Crippen LogP contribution in [0.5, 0.6) is 0 Å². The molecule has 2 aromatic carbocycles. The highest BCUT2D eigenvalue weighted by Crippen LogP contribution is 2.31. The van der Waals surface area contributed by atoms with Gasteiger partial charge in [-0.05, 0) is 72.8 Å². The minimum Gasteiger partial charge on any atom is -0.368 e. The number of imide groups is 1. The van der Waals surface area contributed by atoms with Gasteiger partial charge in [-0.25, -0.2) is 0 Å². The second kappa shape index (κ2) is 12.3. The van der Waals surface area contributed by atoms with Crippen LogP contribution in [0.2, 0.25) is 0 Å². The fourth-order valence-corrected chi connectivity index (χ4v) is 7.24. The van der Waals surface area contributed by atoms with Crippen LogP contribution in [-0.2, 0) is 40.6 Å². The van der Waals surface area contributed by atoms with Gasteiger partial charge in [-0.3, -0.25) is 29.4 Å². The van der Waals surface area contributed by atoms with Crippen molar-refractivity contribution in [2.24, 2.45) is 5.92 Å². The summed E-state index contributed by atoms with van der Waals surface area (Å²) < 4.78 is 0. The zero-order valence-corrected chi connectivity index (χ0v) is 25.2. The third-order valence-corrected chi connectivity index (χ3v) is 9.71. The summed E-state index contributed by atoms with van der Waals surface area (Å²) >= 11 is 0. The smallest absolute Gasteiger partial charge is 0.255 e. The molecule has 2 N–H and O–H groups in total. The number of amides is 4. The molecule has 3 fully saturated rings. The van der Waals surface area contributed by atoms with Crippen molar-refractivity contribution in [3.8, 4) is 0 Å². The highest BCUT2D eigenvalue weighted by Gasteiger charge is 2.39. The van der Waals surface area contributed by atoms with Gasteiger partial charge in [-0.15, -0.1) is 12.4 Å². The van der Waals surface area contributed by atoms with Gasteiger partial charge < -0.3 is 20.0 Å². The van der Waals surface area contributed by atoms with Crippen LogP contribution in [0.15, 0.2) is 36.4 Å². The third-order valence-electron chi connectivity index (χ3n) is 9.71. The number of piperidine rings is 2. The molecule has 11 heteroatoms. The maximum atomic E-state index is 13.4. The Morgan fingerprint density at radius 2 is 1.60 bits per heavy atom. The van der Waals surface area contributed by atoms with Crippen molar-refractivity contribution in [1.82, 2.24) is 25.3 Å². The Kier molecular flexibility index (Phi) is 8.44. The molecule has 0 aliphatic carbocycles. The number of fused-ring (bicyclic) bond motifs is 2. The van der Waals surface area contributed by atoms with Crippen molar-refractivity contribution in [3.63, 3.8) is 0 Å². The van der Waals surface area contributed by atoms with Crippen LogP contribution in [0.1, 0.15) is 58.3 Å². The van der Waals surface area contributed by atoms with Crippen LogP contribution in [0.25, 0.3) is 0 Å². The number of nitrogens with zero attached hydrogens (tertiary/aromatic N) is 4. The first kappa shape index (κ1) is 29.6. The van der Waals surface area contributed by atoms with Gasteiger partial charge in [0, 0.05) is 75.9 Å². The lowest BCUT2D eigenvalue weighted by molar-refractivity contribution is -0.138. The molecule has 4 amide bonds. The number of nitrogens with one attached hydrogen (secondary N) is 2. The molecule has 7 rings (SSSR count). The highest BCUT2D eigenvalue weighted by atomic mass is 35.5. The molecular weight excluding hydrogens is 568 g/mol. The lowest BCUT2D eigenvalue weighted by Gasteiger charge is -2.39. The average Bonchev–Trinajstić information content (AvgIpc) is 3.61. The Morgan fingerprint density at radius 1 is 0.837 bits per heavy atom. The maximum absolute atomic E-state index is 13.4. The summed E-state index contributed by atoms with van der Waals surface area (Å²) in [6.45, 7) is 8.05. The average molecular weight is 607 g/mol. The van der Waals surface area contributed by atoms with E-state index in [9.17, 15) is 19.2 Å². The summed E-state index contributed by atoms with van der Waals surface area (Å²) in [5, 5.41) is 5.77. The number of rotatable bonds is 5. The predicted octanol–water partition coefficient (Wildman–Crippen LogP) is 2.03. The summed E-state index contributed by atoms with van der Waals surface area (Å²) in [4.78, 5) is 58.7. The lowest BCUT2D eigenvalue weighted by atomic mass is 9.94. The van der Waals surface area contributed by atoms with E-state index < -0.39 is 11.9 Å². The molecule has 0 aromatic heterocycles. The molecule has 0 saturated carbocycles. The van der Waals surface area contributed by atoms with E-state index in [0.717, 1.165) is 69.9 Å². The van der Waals surface area contributed by atoms with Gasteiger partial charge in [0.2, 0.25) is 17.7 Å². The number of hydrogen-bond acceptors (Lipinski definition) is 7. The molecule has 5 heterocycles. The summed E-state index contributed by atoms with van der Waals surface area (Å²) in [6, 6.07) is 12.1. The molecule has 5 aliphatic heterocycles. The van der Waals surface area contributed by atoms with Gasteiger partial charge in [-0.1, -0.05) is 18.2 Å². The predicted molar refractivity (Wildman–Crippen MR) is 164 cm³/mol. The van der Waals surface area contributed by atoms with Crippen molar-refractivity contribution in [2.75, 3.05) is 44.2 Å². The number of hydrogen-bond donors (Lipinski definition) is 2. The first-order valence-corrected chi connectivity index (χ1v) is 15.3. The normalized spacial score (nSPS) is 22.7. The van der Waals surface area contributed by atoms with Gasteiger partial charge in [0.05, 0.1) is 0 Å². The number of carbonyl (C=O) groups excluding carboxylic acids is 4. The van der Waals surface area contributed by atoms with Crippen molar-refractivity contribution < 1.29 is 19.2 Å². The molecule has 2 aromatic rings. The Balaban J connectivity index is 0.00000329. The number of anilines is 1. The molecule has 43 heavy (non-hydrogen) atoms. The van der Waals surface area contributed by atoms with Crippen molar-refractivity contribution >= 4 is 41.7 Å². The quantitative estimate of drug-likeness (QED) is 0.502. The number of carbonyl (C=O) groups is 4. The highest BCUT2D eigenvalue weighted by molar-refractivity contribution is 6.05. The summed E-state index contributed by atoms with van der Waals surface area (Å²) in [6.07, 6.45) is 2.43. The van der Waals surface area contributed by atoms with Gasteiger partial charge in [0.25, 0.3) is 5.91 Å². The molecule has 1 atom stereocenters. The van der Waals surface area contributed by atoms with Crippen molar-refractivity contribution in [3.05, 3.63) is 64.2 Å². The standard InChI is InChI=1S/C32H38N6O4.ClH/c39-29-6-5-28(30(40)34-29)38-20-25-16-26(3-4-27(25)32(38)42)36-11-13-37(14-12-36)31(41)22-7-9-35(10-8-22)19-21-1-2-23-17-33-18-24(23)15-21;/h1-4,15-16,22,28,33H,5-14,17-20H2,(H,34,39,40);1H. The SMILES string of the molecule is Cl.O=C1CCC(N2Cc3cc(N4CCN(C(=O)C5CCN(Cc6ccc7c(c6)CNC7)CC5)CC4)ccc3C2=O)C(=O)N1. The Morgan fingerprint density at radius 3 is 2.37 bits per heavy atom. The zero-order valence-electron chi connectivity index (χ0n) is 24.3. The minimum atomic E-state index is -0.607. The number of likely N-dealkylation sites (tertiary alicyclic amines) is 1. The molecule has 0 bridgehead atoms. The second-order valence-electron chi connectivity index (χ2n) is 12.3. The van der Waals surface area contributed by atoms with Gasteiger partial charge >= 0.3 is 0 Å². The second-order valence-corrected chi connectivity index (χ2v) is 12.3. The van der Waals surface area contributed by atoms with Gasteiger partial charge in [0.1, 0.15) is 6.04 Å². The monoisotopic (exact) mass is 606 g/mol. The van der Waals surface area contributed by atoms with E-state index in [1.165, 1.54) is 16.7 Å². The van der Waals surface area contributed by atoms with E-state index in [4.69, 9.17) is 0 Å². The van der Waals surface area contributed by atoms with Gasteiger partial charge in [0.15, 0.2) is 0 Å².